The standard InChI is InChI=1S/C12H20N2S/c1-14-7-3-2-5-11(14)9-13-10-12-6-4-8-15-12/h4,6,8,11,13H,2-3,5,7,9-10H2,1H3. The maximum Gasteiger partial charge on any atom is 0.0300 e. The van der Waals surface area contributed by atoms with Gasteiger partial charge in [0.1, 0.15) is 0 Å². The maximum absolute atomic E-state index is 3.56. The van der Waals surface area contributed by atoms with E-state index < -0.39 is 0 Å². The number of likely N-dealkylation sites (N-methyl/N-ethyl adjacent to an activating group) is 1. The zero-order valence-electron chi connectivity index (χ0n) is 9.41. The first-order valence-electron chi connectivity index (χ1n) is 5.79. The number of piperidine rings is 1. The van der Waals surface area contributed by atoms with Gasteiger partial charge >= 0.3 is 0 Å². The predicted octanol–water partition coefficient (Wildman–Crippen LogP) is 2.32. The van der Waals surface area contributed by atoms with Crippen molar-refractivity contribution in [2.45, 2.75) is 31.8 Å². The second kappa shape index (κ2) is 5.64. The van der Waals surface area contributed by atoms with E-state index in [1.807, 2.05) is 11.3 Å². The Balaban J connectivity index is 1.68. The Bertz CT molecular complexity index is 271. The van der Waals surface area contributed by atoms with Crippen molar-refractivity contribution in [2.24, 2.45) is 0 Å². The van der Waals surface area contributed by atoms with Crippen LogP contribution in [0.3, 0.4) is 0 Å². The Kier molecular flexibility index (Phi) is 4.18. The van der Waals surface area contributed by atoms with Crippen molar-refractivity contribution < 1.29 is 0 Å². The average Bonchev–Trinajstić information content (AvgIpc) is 2.74. The lowest BCUT2D eigenvalue weighted by Gasteiger charge is -2.32. The maximum atomic E-state index is 3.56. The number of nitrogens with zero attached hydrogens (tertiary/aromatic N) is 1. The molecule has 2 rings (SSSR count). The van der Waals surface area contributed by atoms with E-state index in [-0.39, 0.29) is 0 Å². The first-order valence-corrected chi connectivity index (χ1v) is 6.67. The van der Waals surface area contributed by atoms with E-state index >= 15 is 0 Å². The molecule has 0 bridgehead atoms. The van der Waals surface area contributed by atoms with Gasteiger partial charge in [0.2, 0.25) is 0 Å². The van der Waals surface area contributed by atoms with E-state index in [4.69, 9.17) is 0 Å². The predicted molar refractivity (Wildman–Crippen MR) is 66.3 cm³/mol. The molecule has 1 aliphatic heterocycles. The molecule has 3 heteroatoms. The highest BCUT2D eigenvalue weighted by atomic mass is 32.1. The lowest BCUT2D eigenvalue weighted by molar-refractivity contribution is 0.181. The summed E-state index contributed by atoms with van der Waals surface area (Å²) >= 11 is 1.83. The van der Waals surface area contributed by atoms with Gasteiger partial charge in [-0.3, -0.25) is 0 Å². The normalized spacial score (nSPS) is 23.1. The second-order valence-corrected chi connectivity index (χ2v) is 5.37. The molecule has 1 aromatic heterocycles. The first-order chi connectivity index (χ1) is 7.36. The number of hydrogen-bond acceptors (Lipinski definition) is 3. The van der Waals surface area contributed by atoms with E-state index in [0.717, 1.165) is 19.1 Å². The topological polar surface area (TPSA) is 15.3 Å². The molecule has 0 aliphatic carbocycles. The molecule has 2 heterocycles. The molecule has 0 spiro atoms. The molecule has 2 nitrogen and oxygen atoms in total. The summed E-state index contributed by atoms with van der Waals surface area (Å²) in [5.74, 6) is 0. The summed E-state index contributed by atoms with van der Waals surface area (Å²) in [5, 5.41) is 5.70. The van der Waals surface area contributed by atoms with Gasteiger partial charge in [0.05, 0.1) is 0 Å². The van der Waals surface area contributed by atoms with E-state index in [9.17, 15) is 0 Å². The van der Waals surface area contributed by atoms with Crippen molar-refractivity contribution in [1.29, 1.82) is 0 Å². The number of hydrogen-bond donors (Lipinski definition) is 1. The van der Waals surface area contributed by atoms with Gasteiger partial charge in [-0.2, -0.15) is 0 Å². The molecule has 0 amide bonds. The van der Waals surface area contributed by atoms with Crippen LogP contribution in [0.4, 0.5) is 0 Å². The molecular weight excluding hydrogens is 204 g/mol. The summed E-state index contributed by atoms with van der Waals surface area (Å²) in [6.45, 7) is 3.43. The second-order valence-electron chi connectivity index (χ2n) is 4.34. The van der Waals surface area contributed by atoms with E-state index in [2.05, 4.69) is 34.8 Å². The van der Waals surface area contributed by atoms with Gasteiger partial charge < -0.3 is 10.2 Å². The Labute approximate surface area is 96.3 Å². The van der Waals surface area contributed by atoms with E-state index in [1.54, 1.807) is 0 Å². The Hall–Kier alpha value is -0.380. The summed E-state index contributed by atoms with van der Waals surface area (Å²) in [6, 6.07) is 5.06. The number of likely N-dealkylation sites (tertiary alicyclic amines) is 1. The van der Waals surface area contributed by atoms with Crippen LogP contribution in [-0.4, -0.2) is 31.1 Å². The Morgan fingerprint density at radius 3 is 3.20 bits per heavy atom. The Morgan fingerprint density at radius 2 is 2.47 bits per heavy atom. The molecule has 1 unspecified atom stereocenters. The van der Waals surface area contributed by atoms with Crippen LogP contribution < -0.4 is 5.32 Å². The fourth-order valence-electron chi connectivity index (χ4n) is 2.18. The lowest BCUT2D eigenvalue weighted by Crippen LogP contribution is -2.42. The zero-order valence-corrected chi connectivity index (χ0v) is 10.2. The van der Waals surface area contributed by atoms with Crippen molar-refractivity contribution in [2.75, 3.05) is 20.1 Å². The molecule has 1 N–H and O–H groups in total. The molecule has 1 aliphatic rings. The molecule has 0 saturated carbocycles. The highest BCUT2D eigenvalue weighted by molar-refractivity contribution is 7.09. The molecular formula is C12H20N2S. The van der Waals surface area contributed by atoms with Crippen LogP contribution in [-0.2, 0) is 6.54 Å². The smallest absolute Gasteiger partial charge is 0.0300 e. The summed E-state index contributed by atoms with van der Waals surface area (Å²) in [5.41, 5.74) is 0. The van der Waals surface area contributed by atoms with Gasteiger partial charge in [-0.15, -0.1) is 11.3 Å². The molecule has 1 aromatic rings. The van der Waals surface area contributed by atoms with Crippen LogP contribution in [0, 0.1) is 0 Å². The zero-order chi connectivity index (χ0) is 10.5. The minimum atomic E-state index is 0.749. The number of thiophene rings is 1. The molecule has 0 aromatic carbocycles. The molecule has 1 fully saturated rings. The van der Waals surface area contributed by atoms with Crippen LogP contribution in [0.5, 0.6) is 0 Å². The summed E-state index contributed by atoms with van der Waals surface area (Å²) in [7, 11) is 2.25. The van der Waals surface area contributed by atoms with Gasteiger partial charge in [-0.05, 0) is 37.9 Å². The average molecular weight is 224 g/mol. The van der Waals surface area contributed by atoms with Crippen molar-refractivity contribution >= 4 is 11.3 Å². The van der Waals surface area contributed by atoms with Gasteiger partial charge in [0.15, 0.2) is 0 Å². The monoisotopic (exact) mass is 224 g/mol. The van der Waals surface area contributed by atoms with E-state index in [1.165, 1.54) is 30.7 Å². The molecule has 1 saturated heterocycles. The third-order valence-corrected chi connectivity index (χ3v) is 4.06. The summed E-state index contributed by atoms with van der Waals surface area (Å²) < 4.78 is 0. The number of nitrogens with one attached hydrogen (secondary N) is 1. The van der Waals surface area contributed by atoms with Crippen LogP contribution in [0.2, 0.25) is 0 Å². The summed E-state index contributed by atoms with van der Waals surface area (Å²) in [4.78, 5) is 3.93. The quantitative estimate of drug-likeness (QED) is 0.844. The van der Waals surface area contributed by atoms with Crippen LogP contribution >= 0.6 is 11.3 Å². The third kappa shape index (κ3) is 3.30. The fourth-order valence-corrected chi connectivity index (χ4v) is 2.85. The Morgan fingerprint density at radius 1 is 1.53 bits per heavy atom. The van der Waals surface area contributed by atoms with Crippen molar-refractivity contribution in [3.63, 3.8) is 0 Å². The van der Waals surface area contributed by atoms with Crippen molar-refractivity contribution in [3.8, 4) is 0 Å². The first kappa shape index (κ1) is 11.1. The highest BCUT2D eigenvalue weighted by Crippen LogP contribution is 2.14. The third-order valence-electron chi connectivity index (χ3n) is 3.18. The summed E-state index contributed by atoms with van der Waals surface area (Å²) in [6.07, 6.45) is 4.13. The van der Waals surface area contributed by atoms with Gasteiger partial charge in [0, 0.05) is 24.0 Å². The lowest BCUT2D eigenvalue weighted by atomic mass is 10.0. The molecule has 84 valence electrons. The van der Waals surface area contributed by atoms with Crippen molar-refractivity contribution in [3.05, 3.63) is 22.4 Å². The molecule has 0 radical (unpaired) electrons. The van der Waals surface area contributed by atoms with E-state index in [0.29, 0.717) is 0 Å². The van der Waals surface area contributed by atoms with Gasteiger partial charge in [0.25, 0.3) is 0 Å². The fraction of sp³-hybridized carbons (Fsp3) is 0.667. The minimum Gasteiger partial charge on any atom is -0.310 e. The van der Waals surface area contributed by atoms with Crippen LogP contribution in [0.1, 0.15) is 24.1 Å². The van der Waals surface area contributed by atoms with Crippen molar-refractivity contribution in [1.82, 2.24) is 10.2 Å². The molecule has 15 heavy (non-hydrogen) atoms. The van der Waals surface area contributed by atoms with Crippen LogP contribution in [0.25, 0.3) is 0 Å². The van der Waals surface area contributed by atoms with Gasteiger partial charge in [-0.1, -0.05) is 12.5 Å². The molecule has 1 atom stereocenters. The highest BCUT2D eigenvalue weighted by Gasteiger charge is 2.17. The number of rotatable bonds is 4. The van der Waals surface area contributed by atoms with Crippen LogP contribution in [0.15, 0.2) is 17.5 Å². The minimum absolute atomic E-state index is 0.749. The largest absolute Gasteiger partial charge is 0.310 e. The van der Waals surface area contributed by atoms with Gasteiger partial charge in [-0.25, -0.2) is 0 Å². The SMILES string of the molecule is CN1CCCCC1CNCc1cccs1.